The van der Waals surface area contributed by atoms with Crippen LogP contribution in [0.4, 0.5) is 0 Å². The lowest BCUT2D eigenvalue weighted by Crippen LogP contribution is -2.51. The number of aromatic nitrogens is 4. The Kier molecular flexibility index (Phi) is 5.16. The Balaban J connectivity index is 1.17. The Labute approximate surface area is 180 Å². The number of fused-ring (bicyclic) bond motifs is 1. The Morgan fingerprint density at radius 2 is 1.97 bits per heavy atom. The SMILES string of the molecule is O=C(NC1CCN(CC2(c3ccc(Cl)cc3)CCC2)CC1)c1nc2ncccn2n1. The van der Waals surface area contributed by atoms with Crippen molar-refractivity contribution in [3.8, 4) is 0 Å². The fourth-order valence-electron chi connectivity index (χ4n) is 4.69. The number of amides is 1. The van der Waals surface area contributed by atoms with Gasteiger partial charge in [-0.1, -0.05) is 30.2 Å². The molecular weight excluding hydrogens is 400 g/mol. The van der Waals surface area contributed by atoms with Crippen molar-refractivity contribution in [1.29, 1.82) is 0 Å². The van der Waals surface area contributed by atoms with Gasteiger partial charge in [0, 0.05) is 48.5 Å². The van der Waals surface area contributed by atoms with Gasteiger partial charge < -0.3 is 10.2 Å². The molecule has 30 heavy (non-hydrogen) atoms. The number of carbonyl (C=O) groups is 1. The third-order valence-corrected chi connectivity index (χ3v) is 6.79. The Bertz CT molecular complexity index is 1000. The lowest BCUT2D eigenvalue weighted by molar-refractivity contribution is 0.0861. The van der Waals surface area contributed by atoms with Gasteiger partial charge in [-0.15, -0.1) is 5.10 Å². The molecule has 0 unspecified atom stereocenters. The number of hydrogen-bond donors (Lipinski definition) is 1. The summed E-state index contributed by atoms with van der Waals surface area (Å²) in [5, 5.41) is 8.10. The summed E-state index contributed by atoms with van der Waals surface area (Å²) >= 11 is 6.08. The number of halogens is 1. The molecule has 5 rings (SSSR count). The summed E-state index contributed by atoms with van der Waals surface area (Å²) in [6.45, 7) is 3.05. The number of nitrogens with one attached hydrogen (secondary N) is 1. The minimum atomic E-state index is -0.226. The highest BCUT2D eigenvalue weighted by molar-refractivity contribution is 6.30. The van der Waals surface area contributed by atoms with Crippen molar-refractivity contribution in [2.75, 3.05) is 19.6 Å². The minimum Gasteiger partial charge on any atom is -0.346 e. The molecule has 1 amide bonds. The average Bonchev–Trinajstić information content (AvgIpc) is 3.17. The van der Waals surface area contributed by atoms with E-state index in [2.05, 4.69) is 37.4 Å². The summed E-state index contributed by atoms with van der Waals surface area (Å²) in [7, 11) is 0. The predicted molar refractivity (Wildman–Crippen MR) is 115 cm³/mol. The van der Waals surface area contributed by atoms with Gasteiger partial charge in [-0.05, 0) is 49.4 Å². The lowest BCUT2D eigenvalue weighted by Gasteiger charge is -2.47. The molecule has 3 aromatic rings. The smallest absolute Gasteiger partial charge is 0.291 e. The van der Waals surface area contributed by atoms with E-state index < -0.39 is 0 Å². The van der Waals surface area contributed by atoms with E-state index in [1.165, 1.54) is 29.3 Å². The van der Waals surface area contributed by atoms with Crippen molar-refractivity contribution < 1.29 is 4.79 Å². The summed E-state index contributed by atoms with van der Waals surface area (Å²) in [6.07, 6.45) is 9.01. The number of piperidine rings is 1. The largest absolute Gasteiger partial charge is 0.346 e. The second-order valence-corrected chi connectivity index (χ2v) is 8.90. The highest BCUT2D eigenvalue weighted by Crippen LogP contribution is 2.44. The molecule has 1 aromatic carbocycles. The van der Waals surface area contributed by atoms with Crippen LogP contribution in [0.15, 0.2) is 42.7 Å². The molecule has 3 heterocycles. The second kappa shape index (κ2) is 7.96. The Hall–Kier alpha value is -2.51. The van der Waals surface area contributed by atoms with Gasteiger partial charge in [0.2, 0.25) is 5.82 Å². The van der Waals surface area contributed by atoms with Crippen LogP contribution in [-0.2, 0) is 5.41 Å². The monoisotopic (exact) mass is 424 g/mol. The zero-order chi connectivity index (χ0) is 20.6. The zero-order valence-electron chi connectivity index (χ0n) is 16.8. The minimum absolute atomic E-state index is 0.154. The van der Waals surface area contributed by atoms with E-state index in [1.807, 2.05) is 12.1 Å². The third kappa shape index (κ3) is 3.79. The van der Waals surface area contributed by atoms with E-state index in [4.69, 9.17) is 11.6 Å². The van der Waals surface area contributed by atoms with Crippen LogP contribution in [0.3, 0.4) is 0 Å². The van der Waals surface area contributed by atoms with Crippen LogP contribution >= 0.6 is 11.6 Å². The van der Waals surface area contributed by atoms with Crippen molar-refractivity contribution in [3.05, 3.63) is 59.1 Å². The van der Waals surface area contributed by atoms with Gasteiger partial charge >= 0.3 is 0 Å². The molecule has 2 aromatic heterocycles. The van der Waals surface area contributed by atoms with Crippen molar-refractivity contribution in [3.63, 3.8) is 0 Å². The molecule has 8 heteroatoms. The Morgan fingerprint density at radius 3 is 2.63 bits per heavy atom. The van der Waals surface area contributed by atoms with E-state index >= 15 is 0 Å². The van der Waals surface area contributed by atoms with E-state index in [0.717, 1.165) is 37.5 Å². The molecular formula is C22H25ClN6O. The molecule has 1 aliphatic heterocycles. The first-order valence-electron chi connectivity index (χ1n) is 10.6. The summed E-state index contributed by atoms with van der Waals surface area (Å²) in [4.78, 5) is 23.4. The maximum atomic E-state index is 12.6. The highest BCUT2D eigenvalue weighted by Gasteiger charge is 2.40. The number of hydrogen-bond acceptors (Lipinski definition) is 5. The molecule has 0 atom stereocenters. The van der Waals surface area contributed by atoms with Gasteiger partial charge in [-0.3, -0.25) is 4.79 Å². The molecule has 0 radical (unpaired) electrons. The summed E-state index contributed by atoms with van der Waals surface area (Å²) in [5.74, 6) is 0.383. The number of carbonyl (C=O) groups excluding carboxylic acids is 1. The van der Waals surface area contributed by atoms with E-state index in [-0.39, 0.29) is 23.2 Å². The van der Waals surface area contributed by atoms with Crippen LogP contribution in [-0.4, -0.2) is 56.1 Å². The fraction of sp³-hybridized carbons (Fsp3) is 0.455. The molecule has 2 fully saturated rings. The number of rotatable bonds is 5. The zero-order valence-corrected chi connectivity index (χ0v) is 17.6. The van der Waals surface area contributed by atoms with Gasteiger partial charge in [0.05, 0.1) is 0 Å². The number of benzene rings is 1. The topological polar surface area (TPSA) is 75.4 Å². The fourth-order valence-corrected chi connectivity index (χ4v) is 4.81. The quantitative estimate of drug-likeness (QED) is 0.681. The van der Waals surface area contributed by atoms with Crippen LogP contribution in [0.5, 0.6) is 0 Å². The molecule has 1 saturated carbocycles. The second-order valence-electron chi connectivity index (χ2n) is 8.46. The normalized spacial score (nSPS) is 19.5. The maximum Gasteiger partial charge on any atom is 0.291 e. The van der Waals surface area contributed by atoms with Crippen LogP contribution in [0.1, 0.15) is 48.3 Å². The average molecular weight is 425 g/mol. The Morgan fingerprint density at radius 1 is 1.20 bits per heavy atom. The first-order valence-corrected chi connectivity index (χ1v) is 11.0. The first kappa shape index (κ1) is 19.5. The van der Waals surface area contributed by atoms with Gasteiger partial charge in [0.15, 0.2) is 0 Å². The van der Waals surface area contributed by atoms with Crippen molar-refractivity contribution in [2.45, 2.75) is 43.6 Å². The number of nitrogens with zero attached hydrogens (tertiary/aromatic N) is 5. The van der Waals surface area contributed by atoms with Crippen LogP contribution < -0.4 is 5.32 Å². The molecule has 0 spiro atoms. The van der Waals surface area contributed by atoms with Crippen LogP contribution in [0, 0.1) is 0 Å². The molecule has 1 aliphatic carbocycles. The molecule has 2 aliphatic rings. The molecule has 7 nitrogen and oxygen atoms in total. The predicted octanol–water partition coefficient (Wildman–Crippen LogP) is 3.09. The third-order valence-electron chi connectivity index (χ3n) is 6.54. The molecule has 1 saturated heterocycles. The maximum absolute atomic E-state index is 12.6. The molecule has 156 valence electrons. The van der Waals surface area contributed by atoms with E-state index in [1.54, 1.807) is 18.5 Å². The van der Waals surface area contributed by atoms with E-state index in [9.17, 15) is 4.79 Å². The van der Waals surface area contributed by atoms with Crippen molar-refractivity contribution >= 4 is 23.3 Å². The van der Waals surface area contributed by atoms with Crippen LogP contribution in [0.25, 0.3) is 5.78 Å². The van der Waals surface area contributed by atoms with Gasteiger partial charge in [-0.2, -0.15) is 4.98 Å². The first-order chi connectivity index (χ1) is 14.6. The molecule has 0 bridgehead atoms. The van der Waals surface area contributed by atoms with Gasteiger partial charge in [0.1, 0.15) is 0 Å². The van der Waals surface area contributed by atoms with E-state index in [0.29, 0.717) is 5.78 Å². The summed E-state index contributed by atoms with van der Waals surface area (Å²) in [5.41, 5.74) is 1.66. The van der Waals surface area contributed by atoms with Crippen LogP contribution in [0.2, 0.25) is 5.02 Å². The standard InChI is InChI=1S/C22H25ClN6O/c23-17-5-3-16(4-6-17)22(9-1-10-22)15-28-13-7-18(8-14-28)25-20(30)19-26-21-24-11-2-12-29(21)27-19/h2-6,11-12,18H,1,7-10,13-15H2,(H,25,30). The lowest BCUT2D eigenvalue weighted by atomic mass is 9.64. The summed E-state index contributed by atoms with van der Waals surface area (Å²) in [6, 6.07) is 10.3. The van der Waals surface area contributed by atoms with Crippen molar-refractivity contribution in [2.24, 2.45) is 0 Å². The summed E-state index contributed by atoms with van der Waals surface area (Å²) < 4.78 is 1.52. The molecule has 1 N–H and O–H groups in total. The van der Waals surface area contributed by atoms with Gasteiger partial charge in [0.25, 0.3) is 11.7 Å². The van der Waals surface area contributed by atoms with Gasteiger partial charge in [-0.25, -0.2) is 9.50 Å². The number of likely N-dealkylation sites (tertiary alicyclic amines) is 1. The highest BCUT2D eigenvalue weighted by atomic mass is 35.5. The van der Waals surface area contributed by atoms with Crippen molar-refractivity contribution in [1.82, 2.24) is 29.8 Å².